The van der Waals surface area contributed by atoms with Gasteiger partial charge in [-0.3, -0.25) is 9.71 Å². The Bertz CT molecular complexity index is 959. The van der Waals surface area contributed by atoms with Crippen LogP contribution in [0.2, 0.25) is 5.02 Å². The monoisotopic (exact) mass is 380 g/mol. The summed E-state index contributed by atoms with van der Waals surface area (Å²) in [5, 5.41) is 9.23. The quantitative estimate of drug-likeness (QED) is 0.734. The van der Waals surface area contributed by atoms with Crippen LogP contribution in [0.3, 0.4) is 0 Å². The van der Waals surface area contributed by atoms with E-state index in [2.05, 4.69) is 19.9 Å². The number of pyridine rings is 1. The lowest BCUT2D eigenvalue weighted by Gasteiger charge is -2.08. The van der Waals surface area contributed by atoms with E-state index in [4.69, 9.17) is 11.6 Å². The summed E-state index contributed by atoms with van der Waals surface area (Å²) in [6, 6.07) is 8.50. The Morgan fingerprint density at radius 2 is 2.04 bits per heavy atom. The SMILES string of the molecule is Cc1c(Cl)cccc1S(=O)(=O)Nc1nnc(Cc2cccnc2)s1. The predicted molar refractivity (Wildman–Crippen MR) is 93.9 cm³/mol. The van der Waals surface area contributed by atoms with Gasteiger partial charge in [-0.1, -0.05) is 35.1 Å². The van der Waals surface area contributed by atoms with Crippen molar-refractivity contribution in [3.05, 3.63) is 63.9 Å². The molecule has 2 heterocycles. The van der Waals surface area contributed by atoms with Gasteiger partial charge in [-0.05, 0) is 36.2 Å². The number of benzene rings is 1. The summed E-state index contributed by atoms with van der Waals surface area (Å²) < 4.78 is 27.5. The molecule has 0 unspecified atom stereocenters. The van der Waals surface area contributed by atoms with Crippen LogP contribution >= 0.6 is 22.9 Å². The predicted octanol–water partition coefficient (Wildman–Crippen LogP) is 3.29. The van der Waals surface area contributed by atoms with Crippen LogP contribution in [0.5, 0.6) is 0 Å². The average Bonchev–Trinajstić information content (AvgIpc) is 2.97. The number of hydrogen-bond donors (Lipinski definition) is 1. The van der Waals surface area contributed by atoms with Crippen LogP contribution in [0.25, 0.3) is 0 Å². The van der Waals surface area contributed by atoms with Gasteiger partial charge in [-0.2, -0.15) is 0 Å². The molecule has 0 saturated heterocycles. The van der Waals surface area contributed by atoms with Crippen molar-refractivity contribution >= 4 is 38.1 Å². The topological polar surface area (TPSA) is 84.8 Å². The number of nitrogens with one attached hydrogen (secondary N) is 1. The van der Waals surface area contributed by atoms with Gasteiger partial charge in [0, 0.05) is 23.8 Å². The lowest BCUT2D eigenvalue weighted by Crippen LogP contribution is -2.14. The average molecular weight is 381 g/mol. The maximum absolute atomic E-state index is 12.5. The summed E-state index contributed by atoms with van der Waals surface area (Å²) in [6.07, 6.45) is 3.97. The van der Waals surface area contributed by atoms with E-state index in [0.717, 1.165) is 5.56 Å². The van der Waals surface area contributed by atoms with E-state index < -0.39 is 10.0 Å². The van der Waals surface area contributed by atoms with Gasteiger partial charge in [-0.15, -0.1) is 10.2 Å². The van der Waals surface area contributed by atoms with Crippen LogP contribution in [0.4, 0.5) is 5.13 Å². The molecule has 2 aromatic heterocycles. The minimum atomic E-state index is -3.76. The number of aromatic nitrogens is 3. The van der Waals surface area contributed by atoms with Gasteiger partial charge in [0.15, 0.2) is 0 Å². The van der Waals surface area contributed by atoms with Gasteiger partial charge in [0.2, 0.25) is 5.13 Å². The van der Waals surface area contributed by atoms with E-state index in [9.17, 15) is 8.42 Å². The molecule has 0 bridgehead atoms. The maximum atomic E-state index is 12.5. The van der Waals surface area contributed by atoms with E-state index in [-0.39, 0.29) is 10.0 Å². The number of nitrogens with zero attached hydrogens (tertiary/aromatic N) is 3. The van der Waals surface area contributed by atoms with Gasteiger partial charge < -0.3 is 0 Å². The van der Waals surface area contributed by atoms with Crippen molar-refractivity contribution in [2.24, 2.45) is 0 Å². The van der Waals surface area contributed by atoms with Gasteiger partial charge in [0.25, 0.3) is 10.0 Å². The third-order valence-corrected chi connectivity index (χ3v) is 6.13. The van der Waals surface area contributed by atoms with Gasteiger partial charge in [-0.25, -0.2) is 8.42 Å². The first-order valence-corrected chi connectivity index (χ1v) is 9.63. The summed E-state index contributed by atoms with van der Waals surface area (Å²) in [5.41, 5.74) is 1.47. The summed E-state index contributed by atoms with van der Waals surface area (Å²) >= 11 is 7.18. The number of sulfonamides is 1. The Kier molecular flexibility index (Phi) is 4.79. The molecular weight excluding hydrogens is 368 g/mol. The summed E-state index contributed by atoms with van der Waals surface area (Å²) in [4.78, 5) is 4.16. The van der Waals surface area contributed by atoms with Crippen molar-refractivity contribution in [1.29, 1.82) is 0 Å². The van der Waals surface area contributed by atoms with Gasteiger partial charge >= 0.3 is 0 Å². The second kappa shape index (κ2) is 6.84. The molecule has 0 aliphatic carbocycles. The zero-order valence-electron chi connectivity index (χ0n) is 12.6. The maximum Gasteiger partial charge on any atom is 0.264 e. The molecular formula is C15H13ClN4O2S2. The highest BCUT2D eigenvalue weighted by atomic mass is 35.5. The number of anilines is 1. The first-order valence-electron chi connectivity index (χ1n) is 6.95. The molecule has 24 heavy (non-hydrogen) atoms. The van der Waals surface area contributed by atoms with Crippen LogP contribution in [0.15, 0.2) is 47.6 Å². The zero-order valence-corrected chi connectivity index (χ0v) is 15.0. The molecule has 1 N–H and O–H groups in total. The highest BCUT2D eigenvalue weighted by Gasteiger charge is 2.20. The van der Waals surface area contributed by atoms with Crippen LogP contribution in [-0.2, 0) is 16.4 Å². The summed E-state index contributed by atoms with van der Waals surface area (Å²) in [6.45, 7) is 1.66. The Morgan fingerprint density at radius 3 is 2.79 bits per heavy atom. The highest BCUT2D eigenvalue weighted by molar-refractivity contribution is 7.93. The Morgan fingerprint density at radius 1 is 1.21 bits per heavy atom. The van der Waals surface area contributed by atoms with Crippen LogP contribution in [0, 0.1) is 6.92 Å². The molecule has 0 spiro atoms. The number of halogens is 1. The lowest BCUT2D eigenvalue weighted by molar-refractivity contribution is 0.600. The smallest absolute Gasteiger partial charge is 0.264 e. The van der Waals surface area contributed by atoms with Crippen molar-refractivity contribution in [1.82, 2.24) is 15.2 Å². The molecule has 3 aromatic rings. The molecule has 0 fully saturated rings. The largest absolute Gasteiger partial charge is 0.264 e. The molecule has 6 nitrogen and oxygen atoms in total. The Balaban J connectivity index is 1.80. The van der Waals surface area contributed by atoms with Crippen molar-refractivity contribution in [3.8, 4) is 0 Å². The minimum Gasteiger partial charge on any atom is -0.264 e. The molecule has 0 atom stereocenters. The first kappa shape index (κ1) is 16.8. The fourth-order valence-corrected chi connectivity index (χ4v) is 4.60. The van der Waals surface area contributed by atoms with Crippen molar-refractivity contribution in [2.75, 3.05) is 4.72 Å². The third kappa shape index (κ3) is 3.72. The van der Waals surface area contributed by atoms with E-state index in [1.54, 1.807) is 31.5 Å². The standard InChI is InChI=1S/C15H13ClN4O2S2/c1-10-12(16)5-2-6-13(10)24(21,22)20-15-19-18-14(23-15)8-11-4-3-7-17-9-11/h2-7,9H,8H2,1H3,(H,19,20). The number of rotatable bonds is 5. The van der Waals surface area contributed by atoms with E-state index in [1.807, 2.05) is 12.1 Å². The van der Waals surface area contributed by atoms with Crippen molar-refractivity contribution < 1.29 is 8.42 Å². The fraction of sp³-hybridized carbons (Fsp3) is 0.133. The minimum absolute atomic E-state index is 0.124. The normalized spacial score (nSPS) is 11.4. The van der Waals surface area contributed by atoms with E-state index in [0.29, 0.717) is 22.0 Å². The molecule has 0 aliphatic heterocycles. The summed E-state index contributed by atoms with van der Waals surface area (Å²) in [7, 11) is -3.76. The van der Waals surface area contributed by atoms with E-state index in [1.165, 1.54) is 17.4 Å². The Labute approximate surface area is 148 Å². The highest BCUT2D eigenvalue weighted by Crippen LogP contribution is 2.26. The molecule has 9 heteroatoms. The molecule has 0 radical (unpaired) electrons. The Hall–Kier alpha value is -2.03. The third-order valence-electron chi connectivity index (χ3n) is 3.27. The second-order valence-electron chi connectivity index (χ2n) is 5.01. The summed E-state index contributed by atoms with van der Waals surface area (Å²) in [5.74, 6) is 0. The van der Waals surface area contributed by atoms with Crippen LogP contribution < -0.4 is 4.72 Å². The fourth-order valence-electron chi connectivity index (χ4n) is 2.09. The zero-order chi connectivity index (χ0) is 17.2. The molecule has 3 rings (SSSR count). The molecule has 0 saturated carbocycles. The molecule has 1 aromatic carbocycles. The van der Waals surface area contributed by atoms with Crippen molar-refractivity contribution in [3.63, 3.8) is 0 Å². The molecule has 0 aliphatic rings. The van der Waals surface area contributed by atoms with E-state index >= 15 is 0 Å². The lowest BCUT2D eigenvalue weighted by atomic mass is 10.2. The van der Waals surface area contributed by atoms with Gasteiger partial charge in [0.05, 0.1) is 4.90 Å². The molecule has 0 amide bonds. The second-order valence-corrected chi connectivity index (χ2v) is 8.13. The molecule has 124 valence electrons. The first-order chi connectivity index (χ1) is 11.5. The van der Waals surface area contributed by atoms with Gasteiger partial charge in [0.1, 0.15) is 5.01 Å². The van der Waals surface area contributed by atoms with Crippen LogP contribution in [-0.4, -0.2) is 23.6 Å². The van der Waals surface area contributed by atoms with Crippen molar-refractivity contribution in [2.45, 2.75) is 18.2 Å². The number of hydrogen-bond acceptors (Lipinski definition) is 6. The van der Waals surface area contributed by atoms with Crippen LogP contribution in [0.1, 0.15) is 16.1 Å².